The zero-order valence-electron chi connectivity index (χ0n) is 17.3. The molecule has 1 aliphatic heterocycles. The monoisotopic (exact) mass is 452 g/mol. The minimum Gasteiger partial charge on any atom is -0.489 e. The lowest BCUT2D eigenvalue weighted by Gasteiger charge is -2.20. The highest BCUT2D eigenvalue weighted by Gasteiger charge is 2.42. The van der Waals surface area contributed by atoms with Crippen molar-refractivity contribution >= 4 is 51.7 Å². The van der Waals surface area contributed by atoms with Gasteiger partial charge >= 0.3 is 0 Å². The van der Waals surface area contributed by atoms with Crippen LogP contribution in [-0.2, 0) is 9.59 Å². The zero-order chi connectivity index (χ0) is 22.1. The highest BCUT2D eigenvalue weighted by molar-refractivity contribution is 7.11. The summed E-state index contributed by atoms with van der Waals surface area (Å²) in [5, 5.41) is 5.59. The van der Waals surface area contributed by atoms with Crippen molar-refractivity contribution in [2.24, 2.45) is 0 Å². The molecule has 0 fully saturated rings. The van der Waals surface area contributed by atoms with Gasteiger partial charge in [-0.3, -0.25) is 9.59 Å². The molecule has 0 bridgehead atoms. The molecule has 5 nitrogen and oxygen atoms in total. The summed E-state index contributed by atoms with van der Waals surface area (Å²) < 4.78 is 5.87. The molecule has 2 heterocycles. The molecule has 0 saturated heterocycles. The van der Waals surface area contributed by atoms with E-state index in [9.17, 15) is 9.59 Å². The lowest BCUT2D eigenvalue weighted by Crippen LogP contribution is -2.33. The van der Waals surface area contributed by atoms with E-state index in [2.05, 4.69) is 5.32 Å². The number of hydrogen-bond donors (Lipinski definition) is 1. The SMILES string of the molecule is Cc1ccc(Cl)cc1NC1=C(c2cccs2)C(=O)N(c2ccccc2OC(C)C)C1=O. The number of halogens is 1. The molecule has 0 atom stereocenters. The van der Waals surface area contributed by atoms with E-state index in [1.54, 1.807) is 30.3 Å². The molecule has 7 heteroatoms. The number of nitrogens with one attached hydrogen (secondary N) is 1. The predicted molar refractivity (Wildman–Crippen MR) is 126 cm³/mol. The molecule has 1 aromatic heterocycles. The minimum atomic E-state index is -0.437. The Morgan fingerprint density at radius 3 is 2.52 bits per heavy atom. The molecular weight excluding hydrogens is 432 g/mol. The maximum absolute atomic E-state index is 13.6. The highest BCUT2D eigenvalue weighted by Crippen LogP contribution is 2.39. The average Bonchev–Trinajstić information content (AvgIpc) is 3.32. The van der Waals surface area contributed by atoms with Gasteiger partial charge in [-0.15, -0.1) is 11.3 Å². The summed E-state index contributed by atoms with van der Waals surface area (Å²) in [7, 11) is 0. The maximum atomic E-state index is 13.6. The third kappa shape index (κ3) is 4.09. The van der Waals surface area contributed by atoms with Crippen molar-refractivity contribution in [2.45, 2.75) is 26.9 Å². The molecule has 0 aliphatic carbocycles. The van der Waals surface area contributed by atoms with Crippen LogP contribution in [0.3, 0.4) is 0 Å². The van der Waals surface area contributed by atoms with Crippen molar-refractivity contribution in [3.8, 4) is 5.75 Å². The van der Waals surface area contributed by atoms with Gasteiger partial charge in [0.05, 0.1) is 17.4 Å². The van der Waals surface area contributed by atoms with Gasteiger partial charge in [0, 0.05) is 15.6 Å². The number of para-hydroxylation sites is 2. The molecule has 31 heavy (non-hydrogen) atoms. The van der Waals surface area contributed by atoms with Crippen molar-refractivity contribution in [3.05, 3.63) is 81.1 Å². The summed E-state index contributed by atoms with van der Waals surface area (Å²) in [5.74, 6) is -0.355. The van der Waals surface area contributed by atoms with E-state index in [1.807, 2.05) is 50.4 Å². The summed E-state index contributed by atoms with van der Waals surface area (Å²) >= 11 is 7.57. The normalized spacial score (nSPS) is 14.0. The van der Waals surface area contributed by atoms with Crippen molar-refractivity contribution < 1.29 is 14.3 Å². The van der Waals surface area contributed by atoms with Crippen molar-refractivity contribution in [1.82, 2.24) is 0 Å². The molecule has 0 unspecified atom stereocenters. The zero-order valence-corrected chi connectivity index (χ0v) is 18.9. The molecule has 3 aromatic rings. The molecule has 4 rings (SSSR count). The number of carbonyl (C=O) groups is 2. The van der Waals surface area contributed by atoms with Gasteiger partial charge in [0.1, 0.15) is 11.4 Å². The van der Waals surface area contributed by atoms with Gasteiger partial charge in [-0.2, -0.15) is 0 Å². The lowest BCUT2D eigenvalue weighted by atomic mass is 10.1. The Morgan fingerprint density at radius 2 is 1.81 bits per heavy atom. The van der Waals surface area contributed by atoms with Crippen LogP contribution in [-0.4, -0.2) is 17.9 Å². The first-order valence-electron chi connectivity index (χ1n) is 9.82. The first-order valence-corrected chi connectivity index (χ1v) is 11.1. The topological polar surface area (TPSA) is 58.6 Å². The Hall–Kier alpha value is -3.09. The second-order valence-corrected chi connectivity index (χ2v) is 8.78. The first-order chi connectivity index (χ1) is 14.9. The number of amides is 2. The Bertz CT molecular complexity index is 1190. The fraction of sp³-hybridized carbons (Fsp3) is 0.167. The molecule has 1 N–H and O–H groups in total. The molecule has 2 aromatic carbocycles. The Balaban J connectivity index is 1.82. The van der Waals surface area contributed by atoms with Crippen LogP contribution in [0.5, 0.6) is 5.75 Å². The van der Waals surface area contributed by atoms with E-state index in [0.29, 0.717) is 32.6 Å². The minimum absolute atomic E-state index is 0.106. The van der Waals surface area contributed by atoms with E-state index in [1.165, 1.54) is 16.2 Å². The van der Waals surface area contributed by atoms with Gasteiger partial charge in [-0.25, -0.2) is 4.90 Å². The number of benzene rings is 2. The number of imide groups is 1. The van der Waals surface area contributed by atoms with Crippen LogP contribution in [0.4, 0.5) is 11.4 Å². The van der Waals surface area contributed by atoms with Crippen molar-refractivity contribution in [3.63, 3.8) is 0 Å². The van der Waals surface area contributed by atoms with Crippen LogP contribution in [0.2, 0.25) is 5.02 Å². The van der Waals surface area contributed by atoms with Gasteiger partial charge in [-0.05, 0) is 62.0 Å². The van der Waals surface area contributed by atoms with Gasteiger partial charge in [0.15, 0.2) is 0 Å². The number of aryl methyl sites for hydroxylation is 1. The van der Waals surface area contributed by atoms with Gasteiger partial charge < -0.3 is 10.1 Å². The maximum Gasteiger partial charge on any atom is 0.282 e. The third-order valence-corrected chi connectivity index (χ3v) is 5.90. The quantitative estimate of drug-likeness (QED) is 0.473. The Kier molecular flexibility index (Phi) is 5.85. The van der Waals surface area contributed by atoms with E-state index >= 15 is 0 Å². The number of anilines is 2. The number of ether oxygens (including phenoxy) is 1. The fourth-order valence-corrected chi connectivity index (χ4v) is 4.31. The van der Waals surface area contributed by atoms with Gasteiger partial charge in [-0.1, -0.05) is 35.9 Å². The number of carbonyl (C=O) groups excluding carboxylic acids is 2. The van der Waals surface area contributed by atoms with E-state index in [-0.39, 0.29) is 11.8 Å². The van der Waals surface area contributed by atoms with E-state index in [0.717, 1.165) is 5.56 Å². The summed E-state index contributed by atoms with van der Waals surface area (Å²) in [6.07, 6.45) is -0.106. The van der Waals surface area contributed by atoms with Crippen LogP contribution in [0, 0.1) is 6.92 Å². The highest BCUT2D eigenvalue weighted by atomic mass is 35.5. The van der Waals surface area contributed by atoms with Crippen LogP contribution in [0.15, 0.2) is 65.7 Å². The van der Waals surface area contributed by atoms with E-state index in [4.69, 9.17) is 16.3 Å². The smallest absolute Gasteiger partial charge is 0.282 e. The van der Waals surface area contributed by atoms with Gasteiger partial charge in [0.2, 0.25) is 0 Å². The van der Waals surface area contributed by atoms with Crippen LogP contribution < -0.4 is 15.0 Å². The lowest BCUT2D eigenvalue weighted by molar-refractivity contribution is -0.120. The molecule has 0 spiro atoms. The molecule has 158 valence electrons. The average molecular weight is 453 g/mol. The Labute approximate surface area is 189 Å². The second-order valence-electron chi connectivity index (χ2n) is 7.39. The number of nitrogens with zero attached hydrogens (tertiary/aromatic N) is 1. The Morgan fingerprint density at radius 1 is 1.03 bits per heavy atom. The van der Waals surface area contributed by atoms with Crippen LogP contribution >= 0.6 is 22.9 Å². The summed E-state index contributed by atoms with van der Waals surface area (Å²) in [6, 6.07) is 16.1. The third-order valence-electron chi connectivity index (χ3n) is 4.78. The number of hydrogen-bond acceptors (Lipinski definition) is 5. The largest absolute Gasteiger partial charge is 0.489 e. The summed E-state index contributed by atoms with van der Waals surface area (Å²) in [6.45, 7) is 5.71. The van der Waals surface area contributed by atoms with Crippen molar-refractivity contribution in [2.75, 3.05) is 10.2 Å². The van der Waals surface area contributed by atoms with E-state index < -0.39 is 11.8 Å². The molecule has 1 aliphatic rings. The summed E-state index contributed by atoms with van der Waals surface area (Å²) in [5.41, 5.74) is 2.55. The fourth-order valence-electron chi connectivity index (χ4n) is 3.37. The second kappa shape index (κ2) is 8.57. The van der Waals surface area contributed by atoms with Crippen LogP contribution in [0.25, 0.3) is 5.57 Å². The molecule has 0 saturated carbocycles. The first kappa shape index (κ1) is 21.2. The molecule has 0 radical (unpaired) electrons. The van der Waals surface area contributed by atoms with Crippen molar-refractivity contribution in [1.29, 1.82) is 0 Å². The number of rotatable bonds is 6. The standard InChI is InChI=1S/C24H21ClN2O3S/c1-14(2)30-19-8-5-4-7-18(19)27-23(28)21(20-9-6-12-31-20)22(24(27)29)26-17-13-16(25)11-10-15(17)3/h4-14,26H,1-3H3. The van der Waals surface area contributed by atoms with Gasteiger partial charge in [0.25, 0.3) is 11.8 Å². The molecule has 2 amide bonds. The molecular formula is C24H21ClN2O3S. The van der Waals surface area contributed by atoms with Crippen LogP contribution in [0.1, 0.15) is 24.3 Å². The number of thiophene rings is 1. The summed E-state index contributed by atoms with van der Waals surface area (Å²) in [4.78, 5) is 29.0. The predicted octanol–water partition coefficient (Wildman–Crippen LogP) is 5.89.